The van der Waals surface area contributed by atoms with Crippen LogP contribution in [-0.2, 0) is 9.59 Å². The molecule has 3 nitrogen and oxygen atoms in total. The summed E-state index contributed by atoms with van der Waals surface area (Å²) in [5.41, 5.74) is 2.06. The molecule has 0 unspecified atom stereocenters. The van der Waals surface area contributed by atoms with Crippen LogP contribution in [0.4, 0.5) is 0 Å². The first-order valence-corrected chi connectivity index (χ1v) is 4.34. The molecule has 3 aliphatic rings. The van der Waals surface area contributed by atoms with Gasteiger partial charge in [0.1, 0.15) is 0 Å². The number of hydrogen-bond acceptors (Lipinski definition) is 2. The van der Waals surface area contributed by atoms with E-state index in [9.17, 15) is 9.59 Å². The molecule has 0 spiro atoms. The van der Waals surface area contributed by atoms with E-state index in [1.165, 1.54) is 5.57 Å². The van der Waals surface area contributed by atoms with E-state index in [0.29, 0.717) is 5.92 Å². The molecule has 2 fully saturated rings. The fraction of sp³-hybridized carbons (Fsp3) is 0.556. The Hall–Kier alpha value is -1.12. The molecule has 2 amide bonds. The SMILES string of the molecule is O=C1NC(=O)[C@H]2C1=C1CC[C@H]2C1. The van der Waals surface area contributed by atoms with Gasteiger partial charge in [0, 0.05) is 5.57 Å². The topological polar surface area (TPSA) is 46.2 Å². The minimum atomic E-state index is -0.123. The maximum Gasteiger partial charge on any atom is 0.254 e. The number of carbonyl (C=O) groups excluding carboxylic acids is 2. The van der Waals surface area contributed by atoms with Gasteiger partial charge in [-0.15, -0.1) is 0 Å². The average molecular weight is 163 g/mol. The summed E-state index contributed by atoms with van der Waals surface area (Å²) >= 11 is 0. The molecule has 0 radical (unpaired) electrons. The zero-order valence-electron chi connectivity index (χ0n) is 6.59. The van der Waals surface area contributed by atoms with Crippen molar-refractivity contribution in [2.45, 2.75) is 19.3 Å². The van der Waals surface area contributed by atoms with E-state index in [-0.39, 0.29) is 17.7 Å². The van der Waals surface area contributed by atoms with Gasteiger partial charge in [-0.3, -0.25) is 14.9 Å². The largest absolute Gasteiger partial charge is 0.292 e. The first kappa shape index (κ1) is 6.40. The molecule has 2 atom stereocenters. The van der Waals surface area contributed by atoms with E-state index < -0.39 is 0 Å². The summed E-state index contributed by atoms with van der Waals surface area (Å²) in [6.07, 6.45) is 3.14. The van der Waals surface area contributed by atoms with Gasteiger partial charge in [0.05, 0.1) is 5.92 Å². The van der Waals surface area contributed by atoms with Crippen molar-refractivity contribution in [1.29, 1.82) is 0 Å². The smallest absolute Gasteiger partial charge is 0.254 e. The zero-order valence-corrected chi connectivity index (χ0v) is 6.59. The van der Waals surface area contributed by atoms with Crippen molar-refractivity contribution in [1.82, 2.24) is 5.32 Å². The van der Waals surface area contributed by atoms with Crippen LogP contribution in [-0.4, -0.2) is 11.8 Å². The van der Waals surface area contributed by atoms with Gasteiger partial charge >= 0.3 is 0 Å². The Morgan fingerprint density at radius 1 is 1.33 bits per heavy atom. The fourth-order valence-corrected chi connectivity index (χ4v) is 2.77. The maximum absolute atomic E-state index is 11.3. The average Bonchev–Trinajstić information content (AvgIpc) is 2.64. The molecule has 3 heteroatoms. The highest BCUT2D eigenvalue weighted by Crippen LogP contribution is 2.50. The number of hydrogen-bond donors (Lipinski definition) is 1. The highest BCUT2D eigenvalue weighted by atomic mass is 16.2. The summed E-state index contributed by atoms with van der Waals surface area (Å²) in [7, 11) is 0. The Bertz CT molecular complexity index is 329. The van der Waals surface area contributed by atoms with Crippen molar-refractivity contribution in [2.24, 2.45) is 11.8 Å². The monoisotopic (exact) mass is 163 g/mol. The molecule has 0 aromatic rings. The van der Waals surface area contributed by atoms with Crippen LogP contribution in [0.5, 0.6) is 0 Å². The first-order chi connectivity index (χ1) is 5.77. The predicted octanol–water partition coefficient (Wildman–Crippen LogP) is 0.369. The van der Waals surface area contributed by atoms with Gasteiger partial charge in [0.15, 0.2) is 0 Å². The highest BCUT2D eigenvalue weighted by Gasteiger charge is 2.50. The Kier molecular flexibility index (Phi) is 0.953. The third kappa shape index (κ3) is 0.543. The molecule has 1 heterocycles. The fourth-order valence-electron chi connectivity index (χ4n) is 2.77. The van der Waals surface area contributed by atoms with E-state index in [4.69, 9.17) is 0 Å². The molecule has 0 aromatic heterocycles. The summed E-state index contributed by atoms with van der Waals surface area (Å²) in [6.45, 7) is 0. The number of carbonyl (C=O) groups is 2. The molecule has 1 aliphatic heterocycles. The predicted molar refractivity (Wildman–Crippen MR) is 41.0 cm³/mol. The van der Waals surface area contributed by atoms with Gasteiger partial charge in [-0.05, 0) is 25.2 Å². The van der Waals surface area contributed by atoms with Gasteiger partial charge in [-0.25, -0.2) is 0 Å². The molecule has 0 aromatic carbocycles. The van der Waals surface area contributed by atoms with Crippen molar-refractivity contribution >= 4 is 11.8 Å². The molecule has 1 N–H and O–H groups in total. The molecule has 2 bridgehead atoms. The van der Waals surface area contributed by atoms with Crippen molar-refractivity contribution in [2.75, 3.05) is 0 Å². The summed E-state index contributed by atoms with van der Waals surface area (Å²) in [5, 5.41) is 2.38. The molecule has 1 saturated carbocycles. The second kappa shape index (κ2) is 1.79. The first-order valence-electron chi connectivity index (χ1n) is 4.34. The lowest BCUT2D eigenvalue weighted by molar-refractivity contribution is -0.126. The number of imide groups is 1. The van der Waals surface area contributed by atoms with E-state index in [2.05, 4.69) is 5.32 Å². The van der Waals surface area contributed by atoms with Crippen LogP contribution in [0.15, 0.2) is 11.1 Å². The van der Waals surface area contributed by atoms with Gasteiger partial charge in [0.25, 0.3) is 5.91 Å². The third-order valence-electron chi connectivity index (χ3n) is 3.25. The third-order valence-corrected chi connectivity index (χ3v) is 3.25. The zero-order chi connectivity index (χ0) is 8.29. The van der Waals surface area contributed by atoms with Crippen molar-refractivity contribution in [3.05, 3.63) is 11.1 Å². The lowest BCUT2D eigenvalue weighted by Gasteiger charge is -2.12. The Balaban J connectivity index is 2.18. The van der Waals surface area contributed by atoms with Crippen molar-refractivity contribution in [3.63, 3.8) is 0 Å². The quantitative estimate of drug-likeness (QED) is 0.524. The normalized spacial score (nSPS) is 37.7. The van der Waals surface area contributed by atoms with E-state index in [1.54, 1.807) is 0 Å². The number of allylic oxidation sites excluding steroid dienone is 1. The summed E-state index contributed by atoms with van der Waals surface area (Å²) in [4.78, 5) is 22.6. The second-order valence-electron chi connectivity index (χ2n) is 3.82. The van der Waals surface area contributed by atoms with Crippen LogP contribution >= 0.6 is 0 Å². The van der Waals surface area contributed by atoms with Gasteiger partial charge in [0.2, 0.25) is 5.91 Å². The minimum Gasteiger partial charge on any atom is -0.292 e. The van der Waals surface area contributed by atoms with Crippen LogP contribution in [0.25, 0.3) is 0 Å². The Labute approximate surface area is 69.8 Å². The van der Waals surface area contributed by atoms with Crippen LogP contribution in [0.2, 0.25) is 0 Å². The van der Waals surface area contributed by atoms with Gasteiger partial charge < -0.3 is 0 Å². The Morgan fingerprint density at radius 2 is 2.17 bits per heavy atom. The van der Waals surface area contributed by atoms with Gasteiger partial charge in [-0.1, -0.05) is 5.57 Å². The molecular weight excluding hydrogens is 154 g/mol. The molecule has 3 rings (SSSR count). The van der Waals surface area contributed by atoms with Crippen LogP contribution in [0, 0.1) is 11.8 Å². The molecule has 62 valence electrons. The number of amides is 2. The minimum absolute atomic E-state index is 0.0605. The highest BCUT2D eigenvalue weighted by molar-refractivity contribution is 6.16. The van der Waals surface area contributed by atoms with E-state index >= 15 is 0 Å². The van der Waals surface area contributed by atoms with Crippen LogP contribution in [0.3, 0.4) is 0 Å². The molecular formula is C9H9NO2. The summed E-state index contributed by atoms with van der Waals surface area (Å²) in [6, 6.07) is 0. The molecule has 2 aliphatic carbocycles. The number of nitrogens with one attached hydrogen (secondary N) is 1. The van der Waals surface area contributed by atoms with E-state index in [1.807, 2.05) is 0 Å². The Morgan fingerprint density at radius 3 is 2.92 bits per heavy atom. The van der Waals surface area contributed by atoms with Crippen LogP contribution < -0.4 is 5.32 Å². The van der Waals surface area contributed by atoms with Crippen LogP contribution in [0.1, 0.15) is 19.3 Å². The molecule has 1 saturated heterocycles. The lowest BCUT2D eigenvalue weighted by Crippen LogP contribution is -2.24. The lowest BCUT2D eigenvalue weighted by atomic mass is 9.88. The molecule has 12 heavy (non-hydrogen) atoms. The summed E-state index contributed by atoms with van der Waals surface area (Å²) < 4.78 is 0. The van der Waals surface area contributed by atoms with Gasteiger partial charge in [-0.2, -0.15) is 0 Å². The maximum atomic E-state index is 11.3. The van der Waals surface area contributed by atoms with Crippen molar-refractivity contribution < 1.29 is 9.59 Å². The number of rotatable bonds is 0. The second-order valence-corrected chi connectivity index (χ2v) is 3.82. The number of fused-ring (bicyclic) bond motifs is 4. The summed E-state index contributed by atoms with van der Waals surface area (Å²) in [5.74, 6) is 0.194. The van der Waals surface area contributed by atoms with Crippen molar-refractivity contribution in [3.8, 4) is 0 Å². The standard InChI is InChI=1S/C9H9NO2/c11-8-6-4-1-2-5(3-4)7(6)9(12)10-8/h4,6H,1-3H2,(H,10,11,12)/t4-,6+/m0/s1. The van der Waals surface area contributed by atoms with E-state index in [0.717, 1.165) is 24.8 Å².